The number of nitrogens with one attached hydrogen (secondary N) is 2. The summed E-state index contributed by atoms with van der Waals surface area (Å²) in [7, 11) is 0. The molecule has 2 amide bonds. The Morgan fingerprint density at radius 3 is 2.76 bits per heavy atom. The summed E-state index contributed by atoms with van der Waals surface area (Å²) in [5, 5.41) is 1.25. The van der Waals surface area contributed by atoms with Crippen LogP contribution in [-0.4, -0.2) is 39.8 Å². The van der Waals surface area contributed by atoms with Crippen molar-refractivity contribution in [3.8, 4) is 0 Å². The van der Waals surface area contributed by atoms with Crippen LogP contribution in [0.1, 0.15) is 46.5 Å². The highest BCUT2D eigenvalue weighted by Gasteiger charge is 2.25. The number of fused-ring (bicyclic) bond motifs is 3. The summed E-state index contributed by atoms with van der Waals surface area (Å²) in [4.78, 5) is 45.0. The fourth-order valence-electron chi connectivity index (χ4n) is 4.44. The molecule has 178 valence electrons. The minimum absolute atomic E-state index is 0.0175. The molecule has 3 aromatic rings. The minimum Gasteiger partial charge on any atom is -0.376 e. The molecule has 0 radical (unpaired) electrons. The van der Waals surface area contributed by atoms with E-state index in [1.54, 1.807) is 40.2 Å². The summed E-state index contributed by atoms with van der Waals surface area (Å²) in [6, 6.07) is 8.66. The molecule has 0 bridgehead atoms. The third kappa shape index (κ3) is 4.89. The number of thioether (sulfide) groups is 1. The second kappa shape index (κ2) is 10.3. The van der Waals surface area contributed by atoms with Crippen molar-refractivity contribution in [2.75, 3.05) is 12.4 Å². The highest BCUT2D eigenvalue weighted by molar-refractivity contribution is 7.99. The molecule has 2 aliphatic rings. The second-order valence-corrected chi connectivity index (χ2v) is 10.5. The highest BCUT2D eigenvalue weighted by atomic mass is 32.2. The van der Waals surface area contributed by atoms with Gasteiger partial charge < -0.3 is 4.74 Å². The molecule has 2 aromatic heterocycles. The Morgan fingerprint density at radius 1 is 1.15 bits per heavy atom. The van der Waals surface area contributed by atoms with Crippen LogP contribution in [0.3, 0.4) is 0 Å². The van der Waals surface area contributed by atoms with Crippen LogP contribution in [0.2, 0.25) is 0 Å². The fraction of sp³-hybridized carbons (Fsp3) is 0.417. The van der Waals surface area contributed by atoms with Gasteiger partial charge in [-0.1, -0.05) is 30.0 Å². The van der Waals surface area contributed by atoms with Gasteiger partial charge >= 0.3 is 0 Å². The number of carbonyl (C=O) groups is 2. The lowest BCUT2D eigenvalue weighted by atomic mass is 9.97. The second-order valence-electron chi connectivity index (χ2n) is 8.49. The number of nitrogens with zero attached hydrogens (tertiary/aromatic N) is 2. The van der Waals surface area contributed by atoms with Crippen LogP contribution in [0, 0.1) is 0 Å². The molecule has 1 saturated heterocycles. The summed E-state index contributed by atoms with van der Waals surface area (Å²) in [5.41, 5.74) is 6.43. The summed E-state index contributed by atoms with van der Waals surface area (Å²) in [6.45, 7) is 1.13. The van der Waals surface area contributed by atoms with Gasteiger partial charge in [-0.05, 0) is 56.2 Å². The summed E-state index contributed by atoms with van der Waals surface area (Å²) < 4.78 is 7.47. The van der Waals surface area contributed by atoms with Gasteiger partial charge in [0.1, 0.15) is 4.83 Å². The number of amides is 2. The SMILES string of the molecule is O=C(CSc1nc2sc3c(c2c(=O)n1CC1CCCO1)CCCC3)NNC(=O)c1ccccc1. The van der Waals surface area contributed by atoms with E-state index >= 15 is 0 Å². The summed E-state index contributed by atoms with van der Waals surface area (Å²) in [5.74, 6) is -0.750. The quantitative estimate of drug-likeness (QED) is 0.308. The number of hydrogen-bond donors (Lipinski definition) is 2. The number of aromatic nitrogens is 2. The Kier molecular flexibility index (Phi) is 6.98. The zero-order chi connectivity index (χ0) is 23.5. The van der Waals surface area contributed by atoms with Crippen LogP contribution in [0.4, 0.5) is 0 Å². The monoisotopic (exact) mass is 498 g/mol. The number of hydrazine groups is 1. The first-order chi connectivity index (χ1) is 16.6. The molecular weight excluding hydrogens is 472 g/mol. The molecule has 1 aromatic carbocycles. The van der Waals surface area contributed by atoms with E-state index in [2.05, 4.69) is 10.9 Å². The molecule has 3 heterocycles. The van der Waals surface area contributed by atoms with Gasteiger partial charge in [0.05, 0.1) is 23.8 Å². The van der Waals surface area contributed by atoms with Gasteiger partial charge in [-0.15, -0.1) is 11.3 Å². The van der Waals surface area contributed by atoms with Gasteiger partial charge in [-0.3, -0.25) is 29.8 Å². The van der Waals surface area contributed by atoms with Crippen LogP contribution in [-0.2, 0) is 28.9 Å². The largest absolute Gasteiger partial charge is 0.376 e. The van der Waals surface area contributed by atoms with Gasteiger partial charge in [-0.25, -0.2) is 4.98 Å². The summed E-state index contributed by atoms with van der Waals surface area (Å²) in [6.07, 6.45) is 6.01. The number of benzene rings is 1. The predicted molar refractivity (Wildman–Crippen MR) is 132 cm³/mol. The molecule has 0 saturated carbocycles. The number of hydrogen-bond acceptors (Lipinski definition) is 7. The Labute approximate surface area is 205 Å². The first-order valence-electron chi connectivity index (χ1n) is 11.5. The molecule has 1 unspecified atom stereocenters. The van der Waals surface area contributed by atoms with Crippen LogP contribution in [0.25, 0.3) is 10.2 Å². The van der Waals surface area contributed by atoms with Crippen molar-refractivity contribution in [1.29, 1.82) is 0 Å². The van der Waals surface area contributed by atoms with E-state index in [1.807, 2.05) is 6.07 Å². The Bertz CT molecular complexity index is 1270. The molecule has 1 aliphatic heterocycles. The molecule has 1 fully saturated rings. The Balaban J connectivity index is 1.34. The van der Waals surface area contributed by atoms with Crippen LogP contribution < -0.4 is 16.4 Å². The van der Waals surface area contributed by atoms with Gasteiger partial charge in [0.25, 0.3) is 11.5 Å². The topological polar surface area (TPSA) is 102 Å². The molecule has 0 spiro atoms. The normalized spacial score (nSPS) is 17.5. The van der Waals surface area contributed by atoms with E-state index < -0.39 is 5.91 Å². The zero-order valence-corrected chi connectivity index (χ0v) is 20.3. The van der Waals surface area contributed by atoms with E-state index in [0.717, 1.165) is 54.3 Å². The van der Waals surface area contributed by atoms with E-state index in [9.17, 15) is 14.4 Å². The van der Waals surface area contributed by atoms with Crippen molar-refractivity contribution in [1.82, 2.24) is 20.4 Å². The number of carbonyl (C=O) groups excluding carboxylic acids is 2. The van der Waals surface area contributed by atoms with E-state index in [0.29, 0.717) is 23.9 Å². The lowest BCUT2D eigenvalue weighted by molar-refractivity contribution is -0.119. The average molecular weight is 499 g/mol. The standard InChI is InChI=1S/C24H26N4O4S2/c29-19(26-27-21(30)15-7-2-1-3-8-15)14-33-24-25-22-20(17-10-4-5-11-18(17)34-22)23(31)28(24)13-16-9-6-12-32-16/h1-3,7-8,16H,4-6,9-14H2,(H,26,29)(H,27,30). The number of ether oxygens (including phenoxy) is 1. The maximum atomic E-state index is 13.6. The third-order valence-corrected chi connectivity index (χ3v) is 8.30. The maximum Gasteiger partial charge on any atom is 0.269 e. The van der Waals surface area contributed by atoms with Crippen LogP contribution in [0.5, 0.6) is 0 Å². The minimum atomic E-state index is -0.391. The smallest absolute Gasteiger partial charge is 0.269 e. The first kappa shape index (κ1) is 23.1. The van der Waals surface area contributed by atoms with E-state index in [-0.39, 0.29) is 23.3 Å². The van der Waals surface area contributed by atoms with Crippen LogP contribution >= 0.6 is 23.1 Å². The summed E-state index contributed by atoms with van der Waals surface area (Å²) >= 11 is 2.80. The van der Waals surface area contributed by atoms with Crippen molar-refractivity contribution < 1.29 is 14.3 Å². The predicted octanol–water partition coefficient (Wildman–Crippen LogP) is 3.07. The molecule has 1 atom stereocenters. The van der Waals surface area contributed by atoms with Crippen molar-refractivity contribution >= 4 is 45.1 Å². The molecule has 34 heavy (non-hydrogen) atoms. The van der Waals surface area contributed by atoms with Crippen molar-refractivity contribution in [3.05, 3.63) is 56.7 Å². The van der Waals surface area contributed by atoms with Crippen molar-refractivity contribution in [3.63, 3.8) is 0 Å². The number of rotatable bonds is 6. The van der Waals surface area contributed by atoms with Crippen LogP contribution in [0.15, 0.2) is 40.3 Å². The maximum absolute atomic E-state index is 13.6. The van der Waals surface area contributed by atoms with Crippen molar-refractivity contribution in [2.45, 2.75) is 56.3 Å². The zero-order valence-electron chi connectivity index (χ0n) is 18.7. The molecule has 1 aliphatic carbocycles. The molecular formula is C24H26N4O4S2. The van der Waals surface area contributed by atoms with Gasteiger partial charge in [0.15, 0.2) is 5.16 Å². The third-order valence-electron chi connectivity index (χ3n) is 6.13. The van der Waals surface area contributed by atoms with Gasteiger partial charge in [0.2, 0.25) is 5.91 Å². The number of thiophene rings is 1. The highest BCUT2D eigenvalue weighted by Crippen LogP contribution is 2.35. The lowest BCUT2D eigenvalue weighted by Gasteiger charge is -2.16. The fourth-order valence-corrected chi connectivity index (χ4v) is 6.55. The molecule has 10 heteroatoms. The average Bonchev–Trinajstić information content (AvgIpc) is 3.51. The Morgan fingerprint density at radius 2 is 1.97 bits per heavy atom. The molecule has 8 nitrogen and oxygen atoms in total. The molecule has 5 rings (SSSR count). The Hall–Kier alpha value is -2.69. The van der Waals surface area contributed by atoms with Crippen molar-refractivity contribution in [2.24, 2.45) is 0 Å². The molecule has 2 N–H and O–H groups in total. The van der Waals surface area contributed by atoms with E-state index in [4.69, 9.17) is 9.72 Å². The van der Waals surface area contributed by atoms with E-state index in [1.165, 1.54) is 16.6 Å². The van der Waals surface area contributed by atoms with Gasteiger partial charge in [0, 0.05) is 17.0 Å². The number of aryl methyl sites for hydroxylation is 2. The lowest BCUT2D eigenvalue weighted by Crippen LogP contribution is -2.42. The first-order valence-corrected chi connectivity index (χ1v) is 13.3. The van der Waals surface area contributed by atoms with Gasteiger partial charge in [-0.2, -0.15) is 0 Å².